The van der Waals surface area contributed by atoms with Crippen LogP contribution in [0.1, 0.15) is 38.6 Å². The predicted octanol–water partition coefficient (Wildman–Crippen LogP) is 4.94. The number of nitrogens with one attached hydrogen (secondary N) is 1. The average molecular weight is 414 g/mol. The van der Waals surface area contributed by atoms with Crippen molar-refractivity contribution in [3.05, 3.63) is 78.2 Å². The zero-order valence-electron chi connectivity index (χ0n) is 15.3. The van der Waals surface area contributed by atoms with Crippen molar-refractivity contribution in [2.75, 3.05) is 18.4 Å². The molecule has 3 heterocycles. The number of thiophene rings is 2. The SMILES string of the molecule is CCNc1ccc(C(=O)N2CCc3sccc3[C@@H]2c2cccs2)cc1[N+](=O)[O-]. The molecule has 1 aliphatic rings. The number of amides is 1. The highest BCUT2D eigenvalue weighted by Gasteiger charge is 2.34. The van der Waals surface area contributed by atoms with Crippen LogP contribution >= 0.6 is 22.7 Å². The van der Waals surface area contributed by atoms with E-state index in [4.69, 9.17) is 0 Å². The fourth-order valence-electron chi connectivity index (χ4n) is 3.61. The molecule has 0 aliphatic carbocycles. The number of rotatable bonds is 5. The van der Waals surface area contributed by atoms with E-state index < -0.39 is 4.92 Å². The van der Waals surface area contributed by atoms with E-state index in [-0.39, 0.29) is 17.6 Å². The van der Waals surface area contributed by atoms with Gasteiger partial charge in [0.15, 0.2) is 0 Å². The van der Waals surface area contributed by atoms with Crippen LogP contribution in [0.4, 0.5) is 11.4 Å². The van der Waals surface area contributed by atoms with E-state index in [1.165, 1.54) is 10.9 Å². The fraction of sp³-hybridized carbons (Fsp3) is 0.250. The summed E-state index contributed by atoms with van der Waals surface area (Å²) in [5, 5.41) is 18.5. The molecule has 28 heavy (non-hydrogen) atoms. The van der Waals surface area contributed by atoms with Gasteiger partial charge in [0.2, 0.25) is 0 Å². The summed E-state index contributed by atoms with van der Waals surface area (Å²) < 4.78 is 0. The van der Waals surface area contributed by atoms with E-state index in [1.54, 1.807) is 34.8 Å². The van der Waals surface area contributed by atoms with Gasteiger partial charge in [-0.15, -0.1) is 22.7 Å². The molecule has 0 fully saturated rings. The van der Waals surface area contributed by atoms with E-state index in [1.807, 2.05) is 29.3 Å². The number of benzene rings is 1. The van der Waals surface area contributed by atoms with Crippen LogP contribution in [0.15, 0.2) is 47.2 Å². The smallest absolute Gasteiger partial charge is 0.293 e. The van der Waals surface area contributed by atoms with Gasteiger partial charge in [-0.1, -0.05) is 6.07 Å². The van der Waals surface area contributed by atoms with Crippen LogP contribution in [0.25, 0.3) is 0 Å². The molecule has 1 atom stereocenters. The standard InChI is InChI=1S/C20H19N3O3S2/c1-2-21-15-6-5-13(12-16(15)23(25)26)20(24)22-9-7-17-14(8-11-28-17)19(22)18-4-3-10-27-18/h3-6,8,10-12,19,21H,2,7,9H2,1H3/t19-/m1/s1. The molecule has 0 bridgehead atoms. The number of carbonyl (C=O) groups excluding carboxylic acids is 1. The highest BCUT2D eigenvalue weighted by Crippen LogP contribution is 2.40. The minimum atomic E-state index is -0.446. The van der Waals surface area contributed by atoms with Gasteiger partial charge in [0.1, 0.15) is 5.69 Å². The first kappa shape index (κ1) is 18.6. The lowest BCUT2D eigenvalue weighted by Crippen LogP contribution is -2.39. The maximum Gasteiger partial charge on any atom is 0.293 e. The van der Waals surface area contributed by atoms with Crippen LogP contribution < -0.4 is 5.32 Å². The van der Waals surface area contributed by atoms with Gasteiger partial charge < -0.3 is 10.2 Å². The molecule has 144 valence electrons. The molecular formula is C20H19N3O3S2. The summed E-state index contributed by atoms with van der Waals surface area (Å²) in [6.07, 6.45) is 0.804. The second-order valence-corrected chi connectivity index (χ2v) is 8.46. The molecule has 3 aromatic rings. The quantitative estimate of drug-likeness (QED) is 0.475. The predicted molar refractivity (Wildman–Crippen MR) is 112 cm³/mol. The number of nitrogens with zero attached hydrogens (tertiary/aromatic N) is 2. The van der Waals surface area contributed by atoms with Crippen LogP contribution in [0.2, 0.25) is 0 Å². The lowest BCUT2D eigenvalue weighted by molar-refractivity contribution is -0.384. The molecule has 1 amide bonds. The van der Waals surface area contributed by atoms with Crippen molar-refractivity contribution in [3.8, 4) is 0 Å². The van der Waals surface area contributed by atoms with Crippen LogP contribution in [-0.4, -0.2) is 28.8 Å². The van der Waals surface area contributed by atoms with Crippen molar-refractivity contribution in [1.82, 2.24) is 4.90 Å². The van der Waals surface area contributed by atoms with Crippen molar-refractivity contribution >= 4 is 40.0 Å². The molecule has 2 aromatic heterocycles. The van der Waals surface area contributed by atoms with Gasteiger partial charge in [0, 0.05) is 34.5 Å². The van der Waals surface area contributed by atoms with E-state index in [0.717, 1.165) is 16.9 Å². The molecule has 0 unspecified atom stereocenters. The third-order valence-corrected chi connectivity index (χ3v) is 6.77. The summed E-state index contributed by atoms with van der Waals surface area (Å²) in [6.45, 7) is 3.04. The van der Waals surface area contributed by atoms with E-state index in [2.05, 4.69) is 16.8 Å². The Bertz CT molecular complexity index is 1010. The second kappa shape index (κ2) is 7.73. The summed E-state index contributed by atoms with van der Waals surface area (Å²) >= 11 is 3.34. The van der Waals surface area contributed by atoms with Gasteiger partial charge in [-0.25, -0.2) is 0 Å². The summed E-state index contributed by atoms with van der Waals surface area (Å²) in [6, 6.07) is 10.6. The Balaban J connectivity index is 1.73. The summed E-state index contributed by atoms with van der Waals surface area (Å²) in [7, 11) is 0. The van der Waals surface area contributed by atoms with Gasteiger partial charge in [-0.3, -0.25) is 14.9 Å². The van der Waals surface area contributed by atoms with Crippen molar-refractivity contribution in [1.29, 1.82) is 0 Å². The largest absolute Gasteiger partial charge is 0.380 e. The topological polar surface area (TPSA) is 75.5 Å². The minimum Gasteiger partial charge on any atom is -0.380 e. The van der Waals surface area contributed by atoms with Crippen LogP contribution in [0, 0.1) is 10.1 Å². The molecule has 0 saturated heterocycles. The second-order valence-electron chi connectivity index (χ2n) is 6.48. The molecule has 0 radical (unpaired) electrons. The maximum atomic E-state index is 13.4. The molecule has 0 spiro atoms. The lowest BCUT2D eigenvalue weighted by Gasteiger charge is -2.35. The number of hydrogen-bond acceptors (Lipinski definition) is 6. The lowest BCUT2D eigenvalue weighted by atomic mass is 9.97. The molecule has 4 rings (SSSR count). The summed E-state index contributed by atoms with van der Waals surface area (Å²) in [5.74, 6) is -0.179. The molecular weight excluding hydrogens is 394 g/mol. The number of fused-ring (bicyclic) bond motifs is 1. The normalized spacial score (nSPS) is 15.9. The first-order chi connectivity index (χ1) is 13.6. The number of carbonyl (C=O) groups is 1. The number of anilines is 1. The van der Waals surface area contributed by atoms with Crippen molar-refractivity contribution in [2.24, 2.45) is 0 Å². The molecule has 1 N–H and O–H groups in total. The van der Waals surface area contributed by atoms with Gasteiger partial charge in [-0.05, 0) is 53.9 Å². The maximum absolute atomic E-state index is 13.4. The Morgan fingerprint density at radius 1 is 1.29 bits per heavy atom. The monoisotopic (exact) mass is 413 g/mol. The first-order valence-electron chi connectivity index (χ1n) is 9.03. The summed E-state index contributed by atoms with van der Waals surface area (Å²) in [5.41, 5.74) is 1.85. The number of hydrogen-bond donors (Lipinski definition) is 1. The fourth-order valence-corrected chi connectivity index (χ4v) is 5.37. The van der Waals surface area contributed by atoms with Gasteiger partial charge >= 0.3 is 0 Å². The third kappa shape index (κ3) is 3.29. The van der Waals surface area contributed by atoms with Crippen LogP contribution in [0.3, 0.4) is 0 Å². The molecule has 0 saturated carbocycles. The van der Waals surface area contributed by atoms with Crippen LogP contribution in [-0.2, 0) is 6.42 Å². The van der Waals surface area contributed by atoms with Gasteiger partial charge in [0.25, 0.3) is 11.6 Å². The summed E-state index contributed by atoms with van der Waals surface area (Å²) in [4.78, 5) is 28.6. The Hall–Kier alpha value is -2.71. The highest BCUT2D eigenvalue weighted by atomic mass is 32.1. The third-order valence-electron chi connectivity index (χ3n) is 4.85. The Kier molecular flexibility index (Phi) is 5.15. The minimum absolute atomic E-state index is 0.0754. The zero-order chi connectivity index (χ0) is 19.7. The highest BCUT2D eigenvalue weighted by molar-refractivity contribution is 7.10. The van der Waals surface area contributed by atoms with Gasteiger partial charge in [-0.2, -0.15) is 0 Å². The average Bonchev–Trinajstić information content (AvgIpc) is 3.38. The molecule has 1 aliphatic heterocycles. The van der Waals surface area contributed by atoms with Gasteiger partial charge in [0.05, 0.1) is 11.0 Å². The Labute approximate surface area is 170 Å². The molecule has 8 heteroatoms. The van der Waals surface area contributed by atoms with Crippen molar-refractivity contribution in [3.63, 3.8) is 0 Å². The van der Waals surface area contributed by atoms with Crippen molar-refractivity contribution < 1.29 is 9.72 Å². The van der Waals surface area contributed by atoms with E-state index in [9.17, 15) is 14.9 Å². The number of nitro benzene ring substituents is 1. The molecule has 6 nitrogen and oxygen atoms in total. The Morgan fingerprint density at radius 3 is 2.86 bits per heavy atom. The van der Waals surface area contributed by atoms with Crippen LogP contribution in [0.5, 0.6) is 0 Å². The number of nitro groups is 1. The zero-order valence-corrected chi connectivity index (χ0v) is 16.9. The van der Waals surface area contributed by atoms with E-state index in [0.29, 0.717) is 24.3 Å². The Morgan fingerprint density at radius 2 is 2.14 bits per heavy atom. The first-order valence-corrected chi connectivity index (χ1v) is 10.8. The van der Waals surface area contributed by atoms with Crippen molar-refractivity contribution in [2.45, 2.75) is 19.4 Å². The molecule has 1 aromatic carbocycles. The van der Waals surface area contributed by atoms with E-state index >= 15 is 0 Å².